The van der Waals surface area contributed by atoms with Crippen LogP contribution in [-0.2, 0) is 15.0 Å². The fourth-order valence-electron chi connectivity index (χ4n) is 7.42. The molecule has 47 heavy (non-hydrogen) atoms. The molecule has 2 amide bonds. The van der Waals surface area contributed by atoms with Crippen molar-refractivity contribution in [2.45, 2.75) is 81.2 Å². The number of benzene rings is 2. The molecule has 4 aliphatic rings. The highest BCUT2D eigenvalue weighted by atomic mass is 19.4. The standard InChI is InChI=1S/C33H28F6N2O6/c34-32(35,36)31(33(37,38)39,15-9-11-19-21(13-15)27(44)23(25(19)42)29(46)40-17-5-1-2-6-17)16-10-12-20-22(14-16)28(45)24(26(20)43)30(47)41-18-7-3-4-8-18/h9-14,17-18,23-24H,1-8H2,(H,40,46)(H,41,47). The van der Waals surface area contributed by atoms with Crippen molar-refractivity contribution >= 4 is 34.9 Å². The number of ketones is 4. The summed E-state index contributed by atoms with van der Waals surface area (Å²) in [4.78, 5) is 78.2. The molecule has 0 aromatic heterocycles. The molecule has 2 atom stereocenters. The van der Waals surface area contributed by atoms with Crippen LogP contribution in [0.4, 0.5) is 26.3 Å². The highest BCUT2D eigenvalue weighted by Gasteiger charge is 2.73. The van der Waals surface area contributed by atoms with E-state index in [2.05, 4.69) is 10.6 Å². The Kier molecular flexibility index (Phi) is 7.91. The smallest absolute Gasteiger partial charge is 0.352 e. The Bertz CT molecular complexity index is 1590. The van der Waals surface area contributed by atoms with Crippen molar-refractivity contribution in [3.8, 4) is 0 Å². The van der Waals surface area contributed by atoms with Crippen molar-refractivity contribution < 1.29 is 55.1 Å². The molecule has 0 saturated heterocycles. The van der Waals surface area contributed by atoms with Crippen LogP contribution in [0.3, 0.4) is 0 Å². The first-order valence-electron chi connectivity index (χ1n) is 15.3. The Morgan fingerprint density at radius 1 is 0.532 bits per heavy atom. The van der Waals surface area contributed by atoms with Crippen molar-refractivity contribution in [1.29, 1.82) is 0 Å². The number of fused-ring (bicyclic) bond motifs is 2. The number of carbonyl (C=O) groups is 6. The molecule has 8 nitrogen and oxygen atoms in total. The summed E-state index contributed by atoms with van der Waals surface area (Å²) in [5.74, 6) is -10.4. The zero-order chi connectivity index (χ0) is 34.1. The predicted octanol–water partition coefficient (Wildman–Crippen LogP) is 5.21. The van der Waals surface area contributed by atoms with Gasteiger partial charge in [-0.1, -0.05) is 49.9 Å². The van der Waals surface area contributed by atoms with E-state index in [0.29, 0.717) is 62.1 Å². The van der Waals surface area contributed by atoms with Crippen molar-refractivity contribution in [2.75, 3.05) is 0 Å². The van der Waals surface area contributed by atoms with E-state index < -0.39 is 97.9 Å². The average molecular weight is 663 g/mol. The Morgan fingerprint density at radius 2 is 0.851 bits per heavy atom. The van der Waals surface area contributed by atoms with Gasteiger partial charge in [-0.2, -0.15) is 26.3 Å². The van der Waals surface area contributed by atoms with E-state index >= 15 is 26.3 Å². The Balaban J connectivity index is 1.41. The fraction of sp³-hybridized carbons (Fsp3) is 0.455. The number of carbonyl (C=O) groups excluding carboxylic acids is 6. The molecule has 6 rings (SSSR count). The maximum atomic E-state index is 15.0. The van der Waals surface area contributed by atoms with Gasteiger partial charge in [-0.15, -0.1) is 0 Å². The van der Waals surface area contributed by atoms with Crippen LogP contribution in [0.25, 0.3) is 0 Å². The third-order valence-electron chi connectivity index (χ3n) is 9.79. The molecule has 0 bridgehead atoms. The van der Waals surface area contributed by atoms with E-state index in [1.807, 2.05) is 0 Å². The number of hydrogen-bond donors (Lipinski definition) is 2. The third kappa shape index (κ3) is 5.07. The van der Waals surface area contributed by atoms with Gasteiger partial charge in [0.2, 0.25) is 17.2 Å². The lowest BCUT2D eigenvalue weighted by molar-refractivity contribution is -0.288. The topological polar surface area (TPSA) is 126 Å². The van der Waals surface area contributed by atoms with Gasteiger partial charge in [0.1, 0.15) is 0 Å². The zero-order valence-electron chi connectivity index (χ0n) is 24.6. The highest BCUT2D eigenvalue weighted by Crippen LogP contribution is 2.57. The maximum Gasteiger partial charge on any atom is 0.411 e. The van der Waals surface area contributed by atoms with Gasteiger partial charge in [0, 0.05) is 34.3 Å². The molecule has 2 aromatic carbocycles. The lowest BCUT2D eigenvalue weighted by Crippen LogP contribution is -2.55. The van der Waals surface area contributed by atoms with Gasteiger partial charge in [-0.05, 0) is 48.9 Å². The molecule has 0 radical (unpaired) electrons. The fourth-order valence-corrected chi connectivity index (χ4v) is 7.42. The predicted molar refractivity (Wildman–Crippen MR) is 151 cm³/mol. The van der Waals surface area contributed by atoms with E-state index in [1.54, 1.807) is 0 Å². The summed E-state index contributed by atoms with van der Waals surface area (Å²) >= 11 is 0. The summed E-state index contributed by atoms with van der Waals surface area (Å²) in [6.45, 7) is 0. The van der Waals surface area contributed by atoms with Crippen molar-refractivity contribution in [2.24, 2.45) is 11.8 Å². The van der Waals surface area contributed by atoms with E-state index in [4.69, 9.17) is 0 Å². The monoisotopic (exact) mass is 662 g/mol. The Hall–Kier alpha value is -4.36. The van der Waals surface area contributed by atoms with E-state index in [0.717, 1.165) is 25.7 Å². The average Bonchev–Trinajstić information content (AvgIpc) is 3.77. The van der Waals surface area contributed by atoms with Crippen LogP contribution >= 0.6 is 0 Å². The van der Waals surface area contributed by atoms with Crippen molar-refractivity contribution in [3.63, 3.8) is 0 Å². The molecule has 4 aliphatic carbocycles. The lowest BCUT2D eigenvalue weighted by Gasteiger charge is -2.38. The molecule has 2 unspecified atom stereocenters. The van der Waals surface area contributed by atoms with E-state index in [1.165, 1.54) is 0 Å². The van der Waals surface area contributed by atoms with Crippen molar-refractivity contribution in [3.05, 3.63) is 69.8 Å². The quantitative estimate of drug-likeness (QED) is 0.324. The largest absolute Gasteiger partial charge is 0.411 e. The van der Waals surface area contributed by atoms with Gasteiger partial charge in [0.25, 0.3) is 0 Å². The second kappa shape index (κ2) is 11.4. The van der Waals surface area contributed by atoms with Crippen LogP contribution in [0.1, 0.15) is 104 Å². The van der Waals surface area contributed by atoms with Gasteiger partial charge in [0.15, 0.2) is 35.0 Å². The summed E-state index contributed by atoms with van der Waals surface area (Å²) in [5.41, 5.74) is -10.3. The van der Waals surface area contributed by atoms with Crippen LogP contribution in [-0.4, -0.2) is 59.4 Å². The minimum absolute atomic E-state index is 0.312. The molecule has 14 heteroatoms. The number of alkyl halides is 6. The third-order valence-corrected chi connectivity index (χ3v) is 9.79. The second-order valence-corrected chi connectivity index (χ2v) is 12.6. The van der Waals surface area contributed by atoms with Gasteiger partial charge >= 0.3 is 12.4 Å². The molecule has 0 heterocycles. The van der Waals surface area contributed by atoms with Gasteiger partial charge in [-0.3, -0.25) is 28.8 Å². The molecule has 0 spiro atoms. The molecule has 2 aromatic rings. The first-order valence-corrected chi connectivity index (χ1v) is 15.3. The Labute approximate surface area is 263 Å². The molecule has 248 valence electrons. The van der Waals surface area contributed by atoms with Gasteiger partial charge in [0.05, 0.1) is 0 Å². The number of amides is 2. The lowest BCUT2D eigenvalue weighted by atomic mass is 9.71. The summed E-state index contributed by atoms with van der Waals surface area (Å²) in [6.07, 6.45) is -6.69. The number of nitrogens with one attached hydrogen (secondary N) is 2. The summed E-state index contributed by atoms with van der Waals surface area (Å²) in [7, 11) is 0. The van der Waals surface area contributed by atoms with Gasteiger partial charge in [-0.25, -0.2) is 0 Å². The van der Waals surface area contributed by atoms with Crippen molar-refractivity contribution in [1.82, 2.24) is 10.6 Å². The zero-order valence-corrected chi connectivity index (χ0v) is 24.6. The highest BCUT2D eigenvalue weighted by molar-refractivity contribution is 6.36. The normalized spacial score (nSPS) is 22.2. The number of halogens is 6. The molecule has 2 saturated carbocycles. The maximum absolute atomic E-state index is 15.0. The first kappa shape index (κ1) is 32.6. The van der Waals surface area contributed by atoms with Crippen LogP contribution in [0.5, 0.6) is 0 Å². The molecular weight excluding hydrogens is 634 g/mol. The number of hydrogen-bond acceptors (Lipinski definition) is 6. The second-order valence-electron chi connectivity index (χ2n) is 12.6. The number of Topliss-reactive ketones (excluding diaryl/α,β-unsaturated/α-hetero) is 4. The minimum atomic E-state index is -6.14. The summed E-state index contributed by atoms with van der Waals surface area (Å²) < 4.78 is 90.0. The molecular formula is C33H28F6N2O6. The SMILES string of the molecule is O=C(NC1CCCC1)C1C(=O)c2ccc(C(c3ccc4c(c3)C(=O)C(C(=O)NC3CCCC3)C4=O)(C(F)(F)F)C(F)(F)F)cc2C1=O. The van der Waals surface area contributed by atoms with E-state index in [-0.39, 0.29) is 12.1 Å². The number of rotatable bonds is 6. The Morgan fingerprint density at radius 3 is 1.17 bits per heavy atom. The van der Waals surface area contributed by atoms with Crippen LogP contribution in [0, 0.1) is 11.8 Å². The molecule has 2 fully saturated rings. The first-order chi connectivity index (χ1) is 22.1. The summed E-state index contributed by atoms with van der Waals surface area (Å²) in [6, 6.07) is 2.16. The van der Waals surface area contributed by atoms with Crippen LogP contribution in [0.2, 0.25) is 0 Å². The molecule has 0 aliphatic heterocycles. The van der Waals surface area contributed by atoms with E-state index in [9.17, 15) is 28.8 Å². The van der Waals surface area contributed by atoms with Gasteiger partial charge < -0.3 is 10.6 Å². The van der Waals surface area contributed by atoms with Crippen LogP contribution in [0.15, 0.2) is 36.4 Å². The minimum Gasteiger partial charge on any atom is -0.352 e. The molecule has 2 N–H and O–H groups in total. The van der Waals surface area contributed by atoms with Crippen LogP contribution < -0.4 is 10.6 Å². The summed E-state index contributed by atoms with van der Waals surface area (Å²) in [5, 5.41) is 5.14.